The lowest BCUT2D eigenvalue weighted by Gasteiger charge is -2.11. The van der Waals surface area contributed by atoms with Crippen molar-refractivity contribution in [2.75, 3.05) is 12.4 Å². The predicted octanol–water partition coefficient (Wildman–Crippen LogP) is 4.33. The van der Waals surface area contributed by atoms with Crippen molar-refractivity contribution in [2.45, 2.75) is 17.8 Å². The first kappa shape index (κ1) is 22.0. The summed E-state index contributed by atoms with van der Waals surface area (Å²) in [6, 6.07) is 11.8. The summed E-state index contributed by atoms with van der Waals surface area (Å²) in [4.78, 5) is 20.5. The molecule has 0 fully saturated rings. The molecule has 1 amide bonds. The van der Waals surface area contributed by atoms with E-state index >= 15 is 0 Å². The molecule has 3 aromatic rings. The van der Waals surface area contributed by atoms with E-state index in [-0.39, 0.29) is 22.2 Å². The number of hydrogen-bond acceptors (Lipinski definition) is 6. The number of aromatic nitrogens is 2. The first-order valence-corrected chi connectivity index (χ1v) is 11.1. The highest BCUT2D eigenvalue weighted by Crippen LogP contribution is 2.28. The minimum Gasteiger partial charge on any atom is -0.495 e. The second-order valence-electron chi connectivity index (χ2n) is 6.33. The number of carbonyl (C=O) groups excluding carboxylic acids is 1. The Morgan fingerprint density at radius 1 is 1.17 bits per heavy atom. The molecular weight excluding hydrogens is 449 g/mol. The Kier molecular flexibility index (Phi) is 6.60. The number of rotatable bonds is 6. The smallest absolute Gasteiger partial charge is 0.276 e. The lowest BCUT2D eigenvalue weighted by atomic mass is 10.1. The molecular formula is C20H17Cl2N3O4S. The van der Waals surface area contributed by atoms with Crippen LogP contribution in [0.25, 0.3) is 0 Å². The second kappa shape index (κ2) is 8.99. The van der Waals surface area contributed by atoms with Gasteiger partial charge in [-0.2, -0.15) is 0 Å². The van der Waals surface area contributed by atoms with Crippen LogP contribution in [0.3, 0.4) is 0 Å². The molecule has 0 saturated carbocycles. The molecule has 0 spiro atoms. The fourth-order valence-corrected chi connectivity index (χ4v) is 4.32. The Labute approximate surface area is 184 Å². The fourth-order valence-electron chi connectivity index (χ4n) is 2.66. The Morgan fingerprint density at radius 2 is 1.90 bits per heavy atom. The number of ether oxygens (including phenoxy) is 1. The number of benzene rings is 2. The highest BCUT2D eigenvalue weighted by atomic mass is 35.5. The van der Waals surface area contributed by atoms with Crippen molar-refractivity contribution in [3.63, 3.8) is 0 Å². The molecule has 2 aromatic carbocycles. The lowest BCUT2D eigenvalue weighted by Crippen LogP contribution is -2.18. The maximum atomic E-state index is 12.8. The van der Waals surface area contributed by atoms with E-state index in [1.807, 2.05) is 19.1 Å². The number of halogens is 2. The van der Waals surface area contributed by atoms with Gasteiger partial charge in [-0.25, -0.2) is 18.4 Å². The van der Waals surface area contributed by atoms with Crippen LogP contribution in [0, 0.1) is 6.92 Å². The molecule has 1 N–H and O–H groups in total. The lowest BCUT2D eigenvalue weighted by molar-refractivity contribution is 0.102. The van der Waals surface area contributed by atoms with Crippen molar-refractivity contribution in [1.82, 2.24) is 9.97 Å². The molecule has 3 rings (SSSR count). The van der Waals surface area contributed by atoms with Crippen LogP contribution in [0.2, 0.25) is 10.0 Å². The Hall–Kier alpha value is -2.68. The Bertz CT molecular complexity index is 1220. The van der Waals surface area contributed by atoms with E-state index < -0.39 is 20.9 Å². The largest absolute Gasteiger partial charge is 0.495 e. The van der Waals surface area contributed by atoms with Crippen LogP contribution in [-0.4, -0.2) is 31.4 Å². The van der Waals surface area contributed by atoms with Gasteiger partial charge >= 0.3 is 0 Å². The summed E-state index contributed by atoms with van der Waals surface area (Å²) in [5.41, 5.74) is 1.44. The van der Waals surface area contributed by atoms with E-state index in [9.17, 15) is 13.2 Å². The van der Waals surface area contributed by atoms with Gasteiger partial charge in [0, 0.05) is 5.02 Å². The van der Waals surface area contributed by atoms with Crippen LogP contribution >= 0.6 is 23.2 Å². The number of carbonyl (C=O) groups is 1. The number of anilines is 1. The molecule has 1 heterocycles. The average molecular weight is 466 g/mol. The molecule has 0 bridgehead atoms. The number of aryl methyl sites for hydroxylation is 1. The summed E-state index contributed by atoms with van der Waals surface area (Å²) >= 11 is 12.0. The van der Waals surface area contributed by atoms with Crippen molar-refractivity contribution < 1.29 is 17.9 Å². The van der Waals surface area contributed by atoms with E-state index in [4.69, 9.17) is 27.9 Å². The summed E-state index contributed by atoms with van der Waals surface area (Å²) in [5, 5.41) is 2.37. The monoisotopic (exact) mass is 465 g/mol. The third-order valence-electron chi connectivity index (χ3n) is 4.23. The zero-order valence-corrected chi connectivity index (χ0v) is 18.3. The summed E-state index contributed by atoms with van der Waals surface area (Å²) < 4.78 is 30.8. The maximum Gasteiger partial charge on any atom is 0.276 e. The molecule has 0 aliphatic carbocycles. The van der Waals surface area contributed by atoms with Crippen LogP contribution in [-0.2, 0) is 15.6 Å². The first-order chi connectivity index (χ1) is 14.2. The summed E-state index contributed by atoms with van der Waals surface area (Å²) in [6.07, 6.45) is 1.09. The predicted molar refractivity (Wildman–Crippen MR) is 115 cm³/mol. The van der Waals surface area contributed by atoms with E-state index in [2.05, 4.69) is 15.3 Å². The van der Waals surface area contributed by atoms with Gasteiger partial charge in [-0.15, -0.1) is 0 Å². The van der Waals surface area contributed by atoms with Gasteiger partial charge in [0.2, 0.25) is 15.0 Å². The highest BCUT2D eigenvalue weighted by molar-refractivity contribution is 7.90. The van der Waals surface area contributed by atoms with E-state index in [0.29, 0.717) is 16.3 Å². The highest BCUT2D eigenvalue weighted by Gasteiger charge is 2.24. The van der Waals surface area contributed by atoms with Crippen molar-refractivity contribution in [2.24, 2.45) is 0 Å². The van der Waals surface area contributed by atoms with Gasteiger partial charge in [0.15, 0.2) is 5.69 Å². The van der Waals surface area contributed by atoms with Crippen LogP contribution in [0.5, 0.6) is 5.75 Å². The molecule has 156 valence electrons. The molecule has 0 radical (unpaired) electrons. The van der Waals surface area contributed by atoms with Gasteiger partial charge < -0.3 is 10.1 Å². The van der Waals surface area contributed by atoms with Crippen LogP contribution in [0.15, 0.2) is 53.8 Å². The van der Waals surface area contributed by atoms with Crippen molar-refractivity contribution in [3.8, 4) is 5.75 Å². The van der Waals surface area contributed by atoms with Crippen LogP contribution in [0.1, 0.15) is 21.6 Å². The molecule has 0 unspecified atom stereocenters. The standard InChI is InChI=1S/C20H17Cl2N3O4S/c1-12-5-3-4-6-13(12)11-30(27,28)20-23-10-15(22)18(25-20)19(26)24-16-9-14(21)7-8-17(16)29-2/h3-10H,11H2,1-2H3,(H,24,26). The number of methoxy groups -OCH3 is 1. The number of sulfone groups is 1. The van der Waals surface area contributed by atoms with Crippen molar-refractivity contribution >= 4 is 44.6 Å². The molecule has 0 aliphatic heterocycles. The zero-order chi connectivity index (χ0) is 21.9. The van der Waals surface area contributed by atoms with Crippen LogP contribution in [0.4, 0.5) is 5.69 Å². The minimum absolute atomic E-state index is 0.0941. The molecule has 0 atom stereocenters. The topological polar surface area (TPSA) is 98.2 Å². The molecule has 30 heavy (non-hydrogen) atoms. The van der Waals surface area contributed by atoms with Crippen LogP contribution < -0.4 is 10.1 Å². The Balaban J connectivity index is 1.92. The van der Waals surface area contributed by atoms with E-state index in [1.165, 1.54) is 13.2 Å². The number of amides is 1. The van der Waals surface area contributed by atoms with Gasteiger partial charge in [0.25, 0.3) is 5.91 Å². The van der Waals surface area contributed by atoms with Gasteiger partial charge in [-0.1, -0.05) is 47.5 Å². The zero-order valence-electron chi connectivity index (χ0n) is 16.0. The third kappa shape index (κ3) is 4.89. The number of hydrogen-bond donors (Lipinski definition) is 1. The SMILES string of the molecule is COc1ccc(Cl)cc1NC(=O)c1nc(S(=O)(=O)Cc2ccccc2C)ncc1Cl. The fraction of sp³-hybridized carbons (Fsp3) is 0.150. The molecule has 1 aromatic heterocycles. The van der Waals surface area contributed by atoms with E-state index in [1.54, 1.807) is 24.3 Å². The summed E-state index contributed by atoms with van der Waals surface area (Å²) in [6.45, 7) is 1.81. The van der Waals surface area contributed by atoms with Gasteiger partial charge in [0.1, 0.15) is 5.75 Å². The van der Waals surface area contributed by atoms with Gasteiger partial charge in [-0.3, -0.25) is 4.79 Å². The summed E-state index contributed by atoms with van der Waals surface area (Å²) in [5.74, 6) is -0.662. The van der Waals surface area contributed by atoms with Gasteiger partial charge in [-0.05, 0) is 36.2 Å². The first-order valence-electron chi connectivity index (χ1n) is 8.66. The van der Waals surface area contributed by atoms with Crippen molar-refractivity contribution in [1.29, 1.82) is 0 Å². The summed E-state index contributed by atoms with van der Waals surface area (Å²) in [7, 11) is -2.47. The minimum atomic E-state index is -3.91. The molecule has 10 heteroatoms. The maximum absolute atomic E-state index is 12.8. The number of nitrogens with zero attached hydrogens (tertiary/aromatic N) is 2. The quantitative estimate of drug-likeness (QED) is 0.544. The van der Waals surface area contributed by atoms with Gasteiger partial charge in [0.05, 0.1) is 29.8 Å². The van der Waals surface area contributed by atoms with Crippen molar-refractivity contribution in [3.05, 3.63) is 75.5 Å². The average Bonchev–Trinajstić information content (AvgIpc) is 2.70. The van der Waals surface area contributed by atoms with E-state index in [0.717, 1.165) is 11.8 Å². The normalized spacial score (nSPS) is 11.2. The second-order valence-corrected chi connectivity index (χ2v) is 9.06. The number of nitrogens with one attached hydrogen (secondary N) is 1. The molecule has 0 saturated heterocycles. The molecule has 0 aliphatic rings. The Morgan fingerprint density at radius 3 is 2.60 bits per heavy atom. The third-order valence-corrected chi connectivity index (χ3v) is 6.19. The molecule has 7 nitrogen and oxygen atoms in total.